The third-order valence-electron chi connectivity index (χ3n) is 7.74. The maximum Gasteiger partial charge on any atom is 0.472 e. The van der Waals surface area contributed by atoms with Crippen molar-refractivity contribution >= 4 is 19.7 Å². The Kier molecular flexibility index (Phi) is 34.3. The van der Waals surface area contributed by atoms with E-state index in [2.05, 4.69) is 67.8 Å². The van der Waals surface area contributed by atoms with E-state index in [-0.39, 0.29) is 32.1 Å². The van der Waals surface area contributed by atoms with Crippen LogP contribution in [0.1, 0.15) is 155 Å². The lowest BCUT2D eigenvalue weighted by molar-refractivity contribution is -0.147. The number of aliphatic hydroxyl groups is 1. The summed E-state index contributed by atoms with van der Waals surface area (Å²) >= 11 is 0. The highest BCUT2D eigenvalue weighted by Crippen LogP contribution is 2.42. The van der Waals surface area contributed by atoms with Gasteiger partial charge in [-0.2, -0.15) is 0 Å². The molecule has 284 valence electrons. The van der Waals surface area contributed by atoms with E-state index in [0.29, 0.717) is 12.8 Å². The van der Waals surface area contributed by atoms with Gasteiger partial charge in [0.25, 0.3) is 0 Å². The molecule has 0 aliphatic heterocycles. The van der Waals surface area contributed by atoms with E-state index in [9.17, 15) is 24.2 Å². The van der Waals surface area contributed by atoms with Gasteiger partial charge in [-0.3, -0.25) is 18.6 Å². The van der Waals surface area contributed by atoms with Crippen LogP contribution >= 0.6 is 7.82 Å². The first-order valence-electron chi connectivity index (χ1n) is 19.1. The summed E-state index contributed by atoms with van der Waals surface area (Å²) in [6.07, 6.45) is 39.0. The molecule has 0 aromatic carbocycles. The zero-order chi connectivity index (χ0) is 36.1. The molecule has 0 radical (unpaired) electrons. The number of esters is 1. The van der Waals surface area contributed by atoms with Crippen molar-refractivity contribution in [3.63, 3.8) is 0 Å². The van der Waals surface area contributed by atoms with Crippen LogP contribution in [0, 0.1) is 0 Å². The van der Waals surface area contributed by atoms with Crippen molar-refractivity contribution in [3.05, 3.63) is 48.6 Å². The number of rotatable bonds is 35. The molecule has 49 heavy (non-hydrogen) atoms. The molecule has 3 N–H and O–H groups in total. The molecule has 0 aliphatic carbocycles. The van der Waals surface area contributed by atoms with Gasteiger partial charge in [0, 0.05) is 19.4 Å². The summed E-state index contributed by atoms with van der Waals surface area (Å²) in [4.78, 5) is 33.7. The van der Waals surface area contributed by atoms with E-state index in [0.717, 1.165) is 70.6 Å². The second kappa shape index (κ2) is 35.8. The standard InChI is InChI=1S/C39H70NO8P/c1-3-5-7-9-11-13-15-17-18-20-21-23-25-27-29-31-38(42)40-33-34-47-49(44,45)48-36-37(41)35-46-39(43)32-30-28-26-24-22-19-16-14-12-10-8-6-4-2/h6,8,12,14,17-19,22,37,41H,3-5,7,9-11,13,15-16,20-21,23-36H2,1-2H3,(H,40,42)(H,44,45)/b8-6-,14-12-,18-17-,22-19-. The first-order valence-corrected chi connectivity index (χ1v) is 20.6. The number of amides is 1. The first kappa shape index (κ1) is 47.0. The lowest BCUT2D eigenvalue weighted by Gasteiger charge is -2.15. The van der Waals surface area contributed by atoms with Crippen LogP contribution in [0.3, 0.4) is 0 Å². The second-order valence-electron chi connectivity index (χ2n) is 12.5. The molecule has 1 amide bonds. The Labute approximate surface area is 298 Å². The number of phosphoric acid groups is 1. The Morgan fingerprint density at radius 3 is 1.80 bits per heavy atom. The molecule has 0 fully saturated rings. The summed E-state index contributed by atoms with van der Waals surface area (Å²) < 4.78 is 26.7. The number of carbonyl (C=O) groups excluding carboxylic acids is 2. The van der Waals surface area contributed by atoms with E-state index in [1.165, 1.54) is 51.4 Å². The molecule has 0 heterocycles. The van der Waals surface area contributed by atoms with Crippen molar-refractivity contribution in [3.8, 4) is 0 Å². The first-order chi connectivity index (χ1) is 23.8. The Bertz CT molecular complexity index is 949. The number of ether oxygens (including phenoxy) is 1. The Morgan fingerprint density at radius 1 is 0.653 bits per heavy atom. The van der Waals surface area contributed by atoms with Crippen LogP contribution in [-0.4, -0.2) is 54.3 Å². The van der Waals surface area contributed by atoms with E-state index in [1.807, 2.05) is 0 Å². The minimum atomic E-state index is -4.42. The smallest absolute Gasteiger partial charge is 0.463 e. The van der Waals surface area contributed by atoms with Crippen molar-refractivity contribution in [1.82, 2.24) is 5.32 Å². The Balaban J connectivity index is 3.68. The second-order valence-corrected chi connectivity index (χ2v) is 14.0. The third kappa shape index (κ3) is 37.1. The van der Waals surface area contributed by atoms with Gasteiger partial charge in [0.1, 0.15) is 12.7 Å². The molecule has 9 nitrogen and oxygen atoms in total. The molecule has 0 rings (SSSR count). The quantitative estimate of drug-likeness (QED) is 0.0256. The van der Waals surface area contributed by atoms with Crippen molar-refractivity contribution in [2.75, 3.05) is 26.4 Å². The van der Waals surface area contributed by atoms with E-state index >= 15 is 0 Å². The predicted molar refractivity (Wildman–Crippen MR) is 201 cm³/mol. The molecule has 2 atom stereocenters. The van der Waals surface area contributed by atoms with Crippen molar-refractivity contribution in [2.24, 2.45) is 0 Å². The van der Waals surface area contributed by atoms with Crippen molar-refractivity contribution in [2.45, 2.75) is 161 Å². The van der Waals surface area contributed by atoms with Crippen molar-refractivity contribution < 1.29 is 37.9 Å². The molecule has 0 bridgehead atoms. The highest BCUT2D eigenvalue weighted by atomic mass is 31.2. The minimum absolute atomic E-state index is 0.0722. The van der Waals surface area contributed by atoms with Crippen LogP contribution < -0.4 is 5.32 Å². The van der Waals surface area contributed by atoms with Crippen LogP contribution in [-0.2, 0) is 27.9 Å². The van der Waals surface area contributed by atoms with Gasteiger partial charge in [0.15, 0.2) is 0 Å². The van der Waals surface area contributed by atoms with Crippen LogP contribution in [0.4, 0.5) is 0 Å². The average molecular weight is 712 g/mol. The Morgan fingerprint density at radius 2 is 1.16 bits per heavy atom. The van der Waals surface area contributed by atoms with Gasteiger partial charge >= 0.3 is 13.8 Å². The topological polar surface area (TPSA) is 131 Å². The maximum absolute atomic E-state index is 12.0. The molecule has 2 unspecified atom stereocenters. The zero-order valence-corrected chi connectivity index (χ0v) is 31.8. The largest absolute Gasteiger partial charge is 0.472 e. The summed E-state index contributed by atoms with van der Waals surface area (Å²) in [6.45, 7) is 3.37. The highest BCUT2D eigenvalue weighted by Gasteiger charge is 2.23. The van der Waals surface area contributed by atoms with Gasteiger partial charge in [0.2, 0.25) is 5.91 Å². The number of hydrogen-bond donors (Lipinski definition) is 3. The van der Waals surface area contributed by atoms with E-state index in [1.54, 1.807) is 0 Å². The number of nitrogens with one attached hydrogen (secondary N) is 1. The number of carbonyl (C=O) groups is 2. The third-order valence-corrected chi connectivity index (χ3v) is 8.73. The van der Waals surface area contributed by atoms with Gasteiger partial charge < -0.3 is 20.1 Å². The molecule has 0 spiro atoms. The lowest BCUT2D eigenvalue weighted by Crippen LogP contribution is -2.27. The predicted octanol–water partition coefficient (Wildman–Crippen LogP) is 9.99. The number of unbranched alkanes of at least 4 members (excludes halogenated alkanes) is 14. The fraction of sp³-hybridized carbons (Fsp3) is 0.744. The number of hydrogen-bond acceptors (Lipinski definition) is 7. The van der Waals surface area contributed by atoms with Gasteiger partial charge in [0.05, 0.1) is 13.2 Å². The van der Waals surface area contributed by atoms with Crippen LogP contribution in [0.2, 0.25) is 0 Å². The fourth-order valence-electron chi connectivity index (χ4n) is 4.86. The molecule has 0 saturated heterocycles. The maximum atomic E-state index is 12.0. The molecule has 0 aromatic rings. The fourth-order valence-corrected chi connectivity index (χ4v) is 5.61. The van der Waals surface area contributed by atoms with Crippen LogP contribution in [0.15, 0.2) is 48.6 Å². The zero-order valence-electron chi connectivity index (χ0n) is 30.9. The monoisotopic (exact) mass is 711 g/mol. The van der Waals surface area contributed by atoms with E-state index < -0.39 is 26.5 Å². The highest BCUT2D eigenvalue weighted by molar-refractivity contribution is 7.47. The normalized spacial score (nSPS) is 14.0. The summed E-state index contributed by atoms with van der Waals surface area (Å²) in [5.41, 5.74) is 0. The summed E-state index contributed by atoms with van der Waals surface area (Å²) in [7, 11) is -4.42. The summed E-state index contributed by atoms with van der Waals surface area (Å²) in [5.74, 6) is -0.559. The molecular weight excluding hydrogens is 641 g/mol. The van der Waals surface area contributed by atoms with Crippen molar-refractivity contribution in [1.29, 1.82) is 0 Å². The SMILES string of the molecule is CC/C=C\C/C=C\C/C=C\CCCCCC(=O)OCC(O)COP(=O)(O)OCCNC(=O)CCCCCCC/C=C\CCCCCCCC. The minimum Gasteiger partial charge on any atom is -0.463 e. The number of phosphoric ester groups is 1. The van der Waals surface area contributed by atoms with Gasteiger partial charge in [-0.1, -0.05) is 120 Å². The molecule has 0 saturated carbocycles. The van der Waals surface area contributed by atoms with E-state index in [4.69, 9.17) is 13.8 Å². The summed E-state index contributed by atoms with van der Waals surface area (Å²) in [6, 6.07) is 0. The van der Waals surface area contributed by atoms with Crippen LogP contribution in [0.5, 0.6) is 0 Å². The average Bonchev–Trinajstić information content (AvgIpc) is 3.08. The molecule has 0 aromatic heterocycles. The van der Waals surface area contributed by atoms with Gasteiger partial charge in [-0.15, -0.1) is 0 Å². The summed E-state index contributed by atoms with van der Waals surface area (Å²) in [5, 5.41) is 12.6. The molecule has 0 aliphatic rings. The molecule has 10 heteroatoms. The molecular formula is C39H70NO8P. The number of aliphatic hydroxyl groups excluding tert-OH is 1. The lowest BCUT2D eigenvalue weighted by atomic mass is 10.1. The van der Waals surface area contributed by atoms with Gasteiger partial charge in [-0.05, 0) is 70.6 Å². The van der Waals surface area contributed by atoms with Gasteiger partial charge in [-0.25, -0.2) is 4.57 Å². The van der Waals surface area contributed by atoms with Crippen LogP contribution in [0.25, 0.3) is 0 Å². The number of allylic oxidation sites excluding steroid dienone is 8. The Hall–Kier alpha value is -2.03.